The first-order valence-electron chi connectivity index (χ1n) is 12.4. The number of carbonyl (C=O) groups excluding carboxylic acids is 1. The van der Waals surface area contributed by atoms with Crippen LogP contribution in [0.3, 0.4) is 0 Å². The van der Waals surface area contributed by atoms with Crippen LogP contribution in [0.5, 0.6) is 0 Å². The molecule has 2 aromatic carbocycles. The van der Waals surface area contributed by atoms with Gasteiger partial charge in [0.05, 0.1) is 11.8 Å². The van der Waals surface area contributed by atoms with Crippen molar-refractivity contribution in [3.8, 4) is 0 Å². The smallest absolute Gasteiger partial charge is 0.365 e. The van der Waals surface area contributed by atoms with Gasteiger partial charge in [-0.25, -0.2) is 18.4 Å². The molecular formula is C27H23F6N7O3S. The van der Waals surface area contributed by atoms with E-state index in [0.717, 1.165) is 28.8 Å². The van der Waals surface area contributed by atoms with Crippen molar-refractivity contribution in [2.75, 3.05) is 33.6 Å². The topological polar surface area (TPSA) is 129 Å². The zero-order chi connectivity index (χ0) is 32.3. The third-order valence-corrected chi connectivity index (χ3v) is 7.20. The summed E-state index contributed by atoms with van der Waals surface area (Å²) in [6, 6.07) is 12.6. The van der Waals surface area contributed by atoms with Crippen LogP contribution in [-0.4, -0.2) is 42.6 Å². The summed E-state index contributed by atoms with van der Waals surface area (Å²) in [6.45, 7) is -0.284. The standard InChI is InChI=1S/C27H23F6N7O3S/c1-40(44(2,42)43)23-17(7-5-11-34-23)14-35-22-21(27(31,32)33)15-36-25(39-22)38-19-9-3-6-16(12-19)24(41)37-20-10-4-8-18(13-20)26(28,29)30/h3-13,15H,14H2,1-2H3,(H,37,41)(H2,35,36,38,39). The summed E-state index contributed by atoms with van der Waals surface area (Å²) in [6.07, 6.45) is -6.61. The van der Waals surface area contributed by atoms with Crippen LogP contribution in [0.4, 0.5) is 55.3 Å². The Morgan fingerprint density at radius 3 is 2.30 bits per heavy atom. The van der Waals surface area contributed by atoms with Crippen LogP contribution in [0.25, 0.3) is 0 Å². The van der Waals surface area contributed by atoms with Gasteiger partial charge in [0.1, 0.15) is 17.2 Å². The fourth-order valence-corrected chi connectivity index (χ4v) is 4.29. The minimum atomic E-state index is -4.84. The van der Waals surface area contributed by atoms with Gasteiger partial charge < -0.3 is 16.0 Å². The second kappa shape index (κ2) is 12.4. The number of amides is 1. The van der Waals surface area contributed by atoms with Crippen LogP contribution in [0, 0.1) is 0 Å². The van der Waals surface area contributed by atoms with Gasteiger partial charge in [-0.05, 0) is 42.5 Å². The van der Waals surface area contributed by atoms with E-state index in [1.165, 1.54) is 55.7 Å². The van der Waals surface area contributed by atoms with Gasteiger partial charge in [0.2, 0.25) is 16.0 Å². The average Bonchev–Trinajstić information content (AvgIpc) is 2.94. The molecule has 44 heavy (non-hydrogen) atoms. The van der Waals surface area contributed by atoms with Gasteiger partial charge in [-0.15, -0.1) is 0 Å². The first-order valence-corrected chi connectivity index (χ1v) is 14.3. The van der Waals surface area contributed by atoms with E-state index in [4.69, 9.17) is 0 Å². The Morgan fingerprint density at radius 1 is 0.909 bits per heavy atom. The van der Waals surface area contributed by atoms with Gasteiger partial charge in [-0.3, -0.25) is 9.10 Å². The maximum absolute atomic E-state index is 13.8. The quantitative estimate of drug-likeness (QED) is 0.193. The highest BCUT2D eigenvalue weighted by Gasteiger charge is 2.35. The molecule has 0 aliphatic carbocycles. The molecule has 4 aromatic rings. The molecule has 3 N–H and O–H groups in total. The zero-order valence-corrected chi connectivity index (χ0v) is 23.6. The molecule has 2 heterocycles. The summed E-state index contributed by atoms with van der Waals surface area (Å²) in [5, 5.41) is 7.63. The molecular weight excluding hydrogens is 616 g/mol. The van der Waals surface area contributed by atoms with E-state index in [0.29, 0.717) is 6.20 Å². The molecule has 0 saturated heterocycles. The average molecular weight is 640 g/mol. The molecule has 1 amide bonds. The van der Waals surface area contributed by atoms with Gasteiger partial charge in [0.25, 0.3) is 5.91 Å². The first kappa shape index (κ1) is 32.0. The Kier molecular flexibility index (Phi) is 8.98. The number of carbonyl (C=O) groups is 1. The van der Waals surface area contributed by atoms with Crippen molar-refractivity contribution >= 4 is 44.9 Å². The van der Waals surface area contributed by atoms with Crippen LogP contribution >= 0.6 is 0 Å². The number of anilines is 5. The number of sulfonamides is 1. The number of aromatic nitrogens is 3. The maximum Gasteiger partial charge on any atom is 0.421 e. The van der Waals surface area contributed by atoms with Crippen molar-refractivity contribution < 1.29 is 39.6 Å². The van der Waals surface area contributed by atoms with Gasteiger partial charge in [0, 0.05) is 48.5 Å². The van der Waals surface area contributed by atoms with Gasteiger partial charge in [-0.1, -0.05) is 18.2 Å². The molecule has 0 bridgehead atoms. The van der Waals surface area contributed by atoms with Crippen LogP contribution in [0.15, 0.2) is 73.1 Å². The number of nitrogens with zero attached hydrogens (tertiary/aromatic N) is 4. The van der Waals surface area contributed by atoms with Crippen molar-refractivity contribution in [3.05, 3.63) is 95.3 Å². The van der Waals surface area contributed by atoms with E-state index < -0.39 is 45.2 Å². The lowest BCUT2D eigenvalue weighted by atomic mass is 10.1. The van der Waals surface area contributed by atoms with E-state index in [1.54, 1.807) is 0 Å². The number of alkyl halides is 6. The van der Waals surface area contributed by atoms with Gasteiger partial charge in [-0.2, -0.15) is 31.3 Å². The Bertz CT molecular complexity index is 1780. The number of halogens is 6. The molecule has 0 spiro atoms. The summed E-state index contributed by atoms with van der Waals surface area (Å²) in [4.78, 5) is 24.4. The lowest BCUT2D eigenvalue weighted by Gasteiger charge is -2.20. The van der Waals surface area contributed by atoms with Crippen molar-refractivity contribution in [1.82, 2.24) is 15.0 Å². The highest BCUT2D eigenvalue weighted by Crippen LogP contribution is 2.35. The van der Waals surface area contributed by atoms with Gasteiger partial charge in [0.15, 0.2) is 0 Å². The second-order valence-corrected chi connectivity index (χ2v) is 11.3. The third-order valence-electron chi connectivity index (χ3n) is 6.03. The van der Waals surface area contributed by atoms with Crippen LogP contribution < -0.4 is 20.3 Å². The van der Waals surface area contributed by atoms with E-state index >= 15 is 0 Å². The minimum absolute atomic E-state index is 0.00341. The number of hydrogen-bond donors (Lipinski definition) is 3. The highest BCUT2D eigenvalue weighted by atomic mass is 32.2. The molecule has 4 rings (SSSR count). The molecule has 10 nitrogen and oxygen atoms in total. The van der Waals surface area contributed by atoms with E-state index in [-0.39, 0.29) is 40.8 Å². The normalized spacial score (nSPS) is 12.0. The molecule has 0 fully saturated rings. The summed E-state index contributed by atoms with van der Waals surface area (Å²) >= 11 is 0. The van der Waals surface area contributed by atoms with Crippen molar-refractivity contribution in [2.45, 2.75) is 18.9 Å². The molecule has 0 radical (unpaired) electrons. The maximum atomic E-state index is 13.8. The van der Waals surface area contributed by atoms with Crippen LogP contribution in [0.2, 0.25) is 0 Å². The minimum Gasteiger partial charge on any atom is -0.365 e. The molecule has 0 unspecified atom stereocenters. The van der Waals surface area contributed by atoms with Crippen molar-refractivity contribution in [3.63, 3.8) is 0 Å². The molecule has 0 aliphatic rings. The van der Waals surface area contributed by atoms with Crippen LogP contribution in [0.1, 0.15) is 27.0 Å². The SMILES string of the molecule is CN(c1ncccc1CNc1nc(Nc2cccc(C(=O)Nc3cccc(C(F)(F)F)c3)c2)ncc1C(F)(F)F)S(C)(=O)=O. The molecule has 0 atom stereocenters. The summed E-state index contributed by atoms with van der Waals surface area (Å²) in [5.41, 5.74) is -1.75. The Hall–Kier alpha value is -4.93. The highest BCUT2D eigenvalue weighted by molar-refractivity contribution is 7.92. The van der Waals surface area contributed by atoms with Crippen LogP contribution in [-0.2, 0) is 28.9 Å². The fraction of sp³-hybridized carbons (Fsp3) is 0.185. The van der Waals surface area contributed by atoms with E-state index in [2.05, 4.69) is 30.9 Å². The van der Waals surface area contributed by atoms with Gasteiger partial charge >= 0.3 is 12.4 Å². The lowest BCUT2D eigenvalue weighted by Crippen LogP contribution is -2.27. The molecule has 232 valence electrons. The summed E-state index contributed by atoms with van der Waals surface area (Å²) < 4.78 is 105. The monoisotopic (exact) mass is 639 g/mol. The van der Waals surface area contributed by atoms with Crippen molar-refractivity contribution in [2.24, 2.45) is 0 Å². The second-order valence-electron chi connectivity index (χ2n) is 9.26. The molecule has 0 saturated carbocycles. The third kappa shape index (κ3) is 7.91. The number of benzene rings is 2. The first-order chi connectivity index (χ1) is 20.5. The summed E-state index contributed by atoms with van der Waals surface area (Å²) in [5.74, 6) is -1.64. The van der Waals surface area contributed by atoms with Crippen molar-refractivity contribution in [1.29, 1.82) is 0 Å². The molecule has 2 aromatic heterocycles. The predicted molar refractivity (Wildman–Crippen MR) is 151 cm³/mol. The Labute approximate surface area is 247 Å². The van der Waals surface area contributed by atoms with E-state index in [9.17, 15) is 39.6 Å². The Balaban J connectivity index is 1.56. The number of hydrogen-bond acceptors (Lipinski definition) is 8. The number of nitrogens with one attached hydrogen (secondary N) is 3. The summed E-state index contributed by atoms with van der Waals surface area (Å²) in [7, 11) is -2.46. The largest absolute Gasteiger partial charge is 0.421 e. The molecule has 17 heteroatoms. The number of rotatable bonds is 9. The predicted octanol–water partition coefficient (Wildman–Crippen LogP) is 5.91. The molecule has 0 aliphatic heterocycles. The lowest BCUT2D eigenvalue weighted by molar-refractivity contribution is -0.138. The zero-order valence-electron chi connectivity index (χ0n) is 22.8. The fourth-order valence-electron chi connectivity index (χ4n) is 3.82. The van der Waals surface area contributed by atoms with E-state index in [1.807, 2.05) is 0 Å². The number of pyridine rings is 1. The Morgan fingerprint density at radius 2 is 1.61 bits per heavy atom.